The van der Waals surface area contributed by atoms with Crippen molar-refractivity contribution < 1.29 is 9.53 Å². The number of rotatable bonds is 5. The number of hydrogen-bond acceptors (Lipinski definition) is 2. The fraction of sp³-hybridized carbons (Fsp3) is 0.462. The van der Waals surface area contributed by atoms with Gasteiger partial charge in [-0.3, -0.25) is 4.79 Å². The van der Waals surface area contributed by atoms with E-state index in [1.807, 2.05) is 13.8 Å². The molecule has 0 aliphatic rings. The largest absolute Gasteiger partial charge is 0.462 e. The predicted octanol–water partition coefficient (Wildman–Crippen LogP) is 2.74. The summed E-state index contributed by atoms with van der Waals surface area (Å²) in [6.07, 6.45) is 1.80. The van der Waals surface area contributed by atoms with Crippen LogP contribution in [0.25, 0.3) is 0 Å². The van der Waals surface area contributed by atoms with Crippen LogP contribution in [0.15, 0.2) is 24.3 Å². The molecule has 2 nitrogen and oxygen atoms in total. The Morgan fingerprint density at radius 3 is 2.20 bits per heavy atom. The molecule has 0 N–H and O–H groups in total. The highest BCUT2D eigenvalue weighted by atomic mass is 16.5. The molecule has 0 unspecified atom stereocenters. The average Bonchev–Trinajstić information content (AvgIpc) is 2.18. The monoisotopic (exact) mass is 206 g/mol. The fourth-order valence-corrected chi connectivity index (χ4v) is 1.56. The highest BCUT2D eigenvalue weighted by Gasteiger charge is 2.18. The number of benzene rings is 1. The van der Waals surface area contributed by atoms with Gasteiger partial charge in [0.1, 0.15) is 5.60 Å². The Balaban J connectivity index is 2.68. The number of ether oxygens (including phenoxy) is 1. The van der Waals surface area contributed by atoms with Gasteiger partial charge in [0, 0.05) is 6.42 Å². The molecular weight excluding hydrogens is 188 g/mol. The summed E-state index contributed by atoms with van der Waals surface area (Å²) in [5.74, 6) is 0. The van der Waals surface area contributed by atoms with Gasteiger partial charge >= 0.3 is 0 Å². The van der Waals surface area contributed by atoms with Crippen molar-refractivity contribution in [1.29, 1.82) is 0 Å². The number of carbonyl (C=O) groups excluding carboxylic acids is 1. The first kappa shape index (κ1) is 11.8. The summed E-state index contributed by atoms with van der Waals surface area (Å²) >= 11 is 0. The van der Waals surface area contributed by atoms with Gasteiger partial charge in [0.15, 0.2) is 0 Å². The zero-order valence-electron chi connectivity index (χ0n) is 9.62. The van der Waals surface area contributed by atoms with Crippen molar-refractivity contribution in [2.75, 3.05) is 0 Å². The summed E-state index contributed by atoms with van der Waals surface area (Å²) in [6, 6.07) is 8.42. The smallest absolute Gasteiger partial charge is 0.293 e. The Morgan fingerprint density at radius 1 is 1.20 bits per heavy atom. The normalized spacial score (nSPS) is 11.1. The third-order valence-electron chi connectivity index (χ3n) is 2.43. The van der Waals surface area contributed by atoms with Gasteiger partial charge in [0.2, 0.25) is 0 Å². The molecule has 0 aliphatic carbocycles. The van der Waals surface area contributed by atoms with Crippen LogP contribution in [0.5, 0.6) is 0 Å². The lowest BCUT2D eigenvalue weighted by Gasteiger charge is -2.22. The van der Waals surface area contributed by atoms with Gasteiger partial charge in [-0.05, 0) is 31.4 Å². The van der Waals surface area contributed by atoms with Gasteiger partial charge in [-0.25, -0.2) is 0 Å². The van der Waals surface area contributed by atoms with Crippen molar-refractivity contribution in [2.45, 2.75) is 39.2 Å². The predicted molar refractivity (Wildman–Crippen MR) is 60.8 cm³/mol. The molecule has 0 bridgehead atoms. The van der Waals surface area contributed by atoms with E-state index in [4.69, 9.17) is 4.74 Å². The van der Waals surface area contributed by atoms with Crippen molar-refractivity contribution in [2.24, 2.45) is 0 Å². The van der Waals surface area contributed by atoms with Gasteiger partial charge in [-0.15, -0.1) is 0 Å². The quantitative estimate of drug-likeness (QED) is 0.692. The van der Waals surface area contributed by atoms with E-state index in [1.54, 1.807) is 0 Å². The maximum Gasteiger partial charge on any atom is 0.293 e. The van der Waals surface area contributed by atoms with E-state index >= 15 is 0 Å². The van der Waals surface area contributed by atoms with Crippen LogP contribution < -0.4 is 0 Å². The summed E-state index contributed by atoms with van der Waals surface area (Å²) in [7, 11) is 0. The molecule has 0 atom stereocenters. The van der Waals surface area contributed by atoms with Crippen molar-refractivity contribution >= 4 is 6.47 Å². The minimum absolute atomic E-state index is 0.421. The second kappa shape index (κ2) is 4.96. The van der Waals surface area contributed by atoms with Crippen molar-refractivity contribution in [3.8, 4) is 0 Å². The van der Waals surface area contributed by atoms with Crippen molar-refractivity contribution in [3.05, 3.63) is 35.4 Å². The van der Waals surface area contributed by atoms with Gasteiger partial charge < -0.3 is 4.74 Å². The van der Waals surface area contributed by atoms with Crippen molar-refractivity contribution in [1.82, 2.24) is 0 Å². The Bertz CT molecular complexity index is 312. The minimum atomic E-state index is -0.421. The molecule has 0 aromatic heterocycles. The minimum Gasteiger partial charge on any atom is -0.462 e. The topological polar surface area (TPSA) is 26.3 Å². The van der Waals surface area contributed by atoms with Crippen LogP contribution >= 0.6 is 0 Å². The van der Waals surface area contributed by atoms with E-state index in [1.165, 1.54) is 11.1 Å². The molecule has 0 amide bonds. The molecule has 0 saturated carbocycles. The third kappa shape index (κ3) is 3.74. The van der Waals surface area contributed by atoms with E-state index in [-0.39, 0.29) is 0 Å². The summed E-state index contributed by atoms with van der Waals surface area (Å²) in [6.45, 7) is 6.47. The first-order valence-corrected chi connectivity index (χ1v) is 5.26. The van der Waals surface area contributed by atoms with Crippen LogP contribution in [-0.4, -0.2) is 12.1 Å². The number of hydrogen-bond donors (Lipinski definition) is 0. The van der Waals surface area contributed by atoms with Crippen LogP contribution in [0.4, 0.5) is 0 Å². The molecule has 0 heterocycles. The zero-order chi connectivity index (χ0) is 11.3. The molecule has 0 radical (unpaired) electrons. The van der Waals surface area contributed by atoms with Crippen LogP contribution in [-0.2, 0) is 22.4 Å². The molecular formula is C13H18O2. The van der Waals surface area contributed by atoms with E-state index in [2.05, 4.69) is 31.2 Å². The number of aryl methyl sites for hydroxylation is 1. The van der Waals surface area contributed by atoms with Crippen LogP contribution in [0.2, 0.25) is 0 Å². The zero-order valence-corrected chi connectivity index (χ0v) is 9.62. The van der Waals surface area contributed by atoms with Crippen LogP contribution in [0.3, 0.4) is 0 Å². The second-order valence-electron chi connectivity index (χ2n) is 4.32. The molecule has 2 heteroatoms. The first-order chi connectivity index (χ1) is 7.07. The van der Waals surface area contributed by atoms with Gasteiger partial charge in [0.05, 0.1) is 0 Å². The Morgan fingerprint density at radius 2 is 1.73 bits per heavy atom. The second-order valence-corrected chi connectivity index (χ2v) is 4.32. The standard InChI is InChI=1S/C13H18O2/c1-4-11-5-7-12(8-6-11)9-13(2,3)15-10-14/h5-8,10H,4,9H2,1-3H3. The van der Waals surface area contributed by atoms with E-state index in [0.29, 0.717) is 6.47 Å². The molecule has 1 aromatic rings. The summed E-state index contributed by atoms with van der Waals surface area (Å²) in [5.41, 5.74) is 2.10. The molecule has 15 heavy (non-hydrogen) atoms. The average molecular weight is 206 g/mol. The van der Waals surface area contributed by atoms with Gasteiger partial charge in [-0.1, -0.05) is 31.2 Å². The lowest BCUT2D eigenvalue weighted by atomic mass is 9.97. The lowest BCUT2D eigenvalue weighted by molar-refractivity contribution is -0.140. The highest BCUT2D eigenvalue weighted by molar-refractivity contribution is 5.38. The van der Waals surface area contributed by atoms with Crippen molar-refractivity contribution in [3.63, 3.8) is 0 Å². The fourth-order valence-electron chi connectivity index (χ4n) is 1.56. The molecule has 1 aromatic carbocycles. The first-order valence-electron chi connectivity index (χ1n) is 5.26. The lowest BCUT2D eigenvalue weighted by Crippen LogP contribution is -2.26. The summed E-state index contributed by atoms with van der Waals surface area (Å²) in [5, 5.41) is 0. The maximum atomic E-state index is 10.3. The number of carbonyl (C=O) groups is 1. The highest BCUT2D eigenvalue weighted by Crippen LogP contribution is 2.16. The molecule has 0 fully saturated rings. The molecule has 1 rings (SSSR count). The molecule has 82 valence electrons. The van der Waals surface area contributed by atoms with Gasteiger partial charge in [0.25, 0.3) is 6.47 Å². The van der Waals surface area contributed by atoms with Crippen LogP contribution in [0, 0.1) is 0 Å². The van der Waals surface area contributed by atoms with E-state index in [0.717, 1.165) is 12.8 Å². The molecule has 0 aliphatic heterocycles. The summed E-state index contributed by atoms with van der Waals surface area (Å²) in [4.78, 5) is 10.3. The van der Waals surface area contributed by atoms with Gasteiger partial charge in [-0.2, -0.15) is 0 Å². The van der Waals surface area contributed by atoms with E-state index < -0.39 is 5.60 Å². The Hall–Kier alpha value is -1.31. The maximum absolute atomic E-state index is 10.3. The third-order valence-corrected chi connectivity index (χ3v) is 2.43. The Kier molecular flexibility index (Phi) is 3.89. The van der Waals surface area contributed by atoms with E-state index in [9.17, 15) is 4.79 Å². The Labute approximate surface area is 91.3 Å². The summed E-state index contributed by atoms with van der Waals surface area (Å²) < 4.78 is 5.01. The molecule has 0 saturated heterocycles. The van der Waals surface area contributed by atoms with Crippen LogP contribution in [0.1, 0.15) is 31.9 Å². The SMILES string of the molecule is CCc1ccc(CC(C)(C)OC=O)cc1. The molecule has 0 spiro atoms.